The molecule has 0 radical (unpaired) electrons. The summed E-state index contributed by atoms with van der Waals surface area (Å²) in [6, 6.07) is 15.5. The Labute approximate surface area is 155 Å². The second-order valence-electron chi connectivity index (χ2n) is 6.69. The number of benzene rings is 2. The lowest BCUT2D eigenvalue weighted by Gasteiger charge is -2.29. The van der Waals surface area contributed by atoms with Crippen molar-refractivity contribution in [1.29, 1.82) is 0 Å². The molecule has 1 heterocycles. The lowest BCUT2D eigenvalue weighted by molar-refractivity contribution is 0.239. The molecular weight excluding hydrogens is 351 g/mol. The third kappa shape index (κ3) is 3.82. The molecule has 0 aliphatic carbocycles. The van der Waals surface area contributed by atoms with Crippen LogP contribution in [0.3, 0.4) is 0 Å². The highest BCUT2D eigenvalue weighted by atomic mass is 32.2. The first-order valence-electron chi connectivity index (χ1n) is 9.00. The number of likely N-dealkylation sites (N-methyl/N-ethyl adjacent to an activating group) is 1. The van der Waals surface area contributed by atoms with Gasteiger partial charge < -0.3 is 0 Å². The Balaban J connectivity index is 1.76. The van der Waals surface area contributed by atoms with Gasteiger partial charge in [-0.2, -0.15) is 4.31 Å². The molecule has 0 bridgehead atoms. The van der Waals surface area contributed by atoms with Crippen molar-refractivity contribution in [1.82, 2.24) is 9.21 Å². The van der Waals surface area contributed by atoms with Gasteiger partial charge in [-0.25, -0.2) is 12.8 Å². The predicted molar refractivity (Wildman–Crippen MR) is 101 cm³/mol. The van der Waals surface area contributed by atoms with E-state index in [4.69, 9.17) is 0 Å². The number of nitrogens with zero attached hydrogens (tertiary/aromatic N) is 2. The lowest BCUT2D eigenvalue weighted by atomic mass is 10.1. The highest BCUT2D eigenvalue weighted by molar-refractivity contribution is 7.89. The fraction of sp³-hybridized carbons (Fsp3) is 0.400. The average Bonchev–Trinajstić information content (AvgIpc) is 3.12. The van der Waals surface area contributed by atoms with E-state index in [1.807, 2.05) is 25.1 Å². The van der Waals surface area contributed by atoms with Crippen molar-refractivity contribution in [2.75, 3.05) is 19.6 Å². The van der Waals surface area contributed by atoms with E-state index >= 15 is 0 Å². The van der Waals surface area contributed by atoms with Gasteiger partial charge in [0.2, 0.25) is 10.0 Å². The van der Waals surface area contributed by atoms with Crippen LogP contribution in [0.25, 0.3) is 0 Å². The number of halogens is 1. The molecule has 2 aromatic rings. The van der Waals surface area contributed by atoms with E-state index in [0.29, 0.717) is 13.1 Å². The van der Waals surface area contributed by atoms with Crippen LogP contribution in [0.15, 0.2) is 59.5 Å². The minimum Gasteiger partial charge on any atom is -0.295 e. The zero-order valence-corrected chi connectivity index (χ0v) is 16.0. The first-order valence-corrected chi connectivity index (χ1v) is 10.4. The van der Waals surface area contributed by atoms with Gasteiger partial charge >= 0.3 is 0 Å². The van der Waals surface area contributed by atoms with Gasteiger partial charge in [0.25, 0.3) is 0 Å². The van der Waals surface area contributed by atoms with Crippen molar-refractivity contribution >= 4 is 10.0 Å². The molecule has 6 heteroatoms. The predicted octanol–water partition coefficient (Wildman–Crippen LogP) is 3.67. The summed E-state index contributed by atoms with van der Waals surface area (Å²) in [5.41, 5.74) is 1.23. The Kier molecular flexibility index (Phi) is 5.75. The van der Waals surface area contributed by atoms with Crippen LogP contribution in [-0.2, 0) is 10.0 Å². The first-order chi connectivity index (χ1) is 12.4. The van der Waals surface area contributed by atoms with Crippen LogP contribution in [0.5, 0.6) is 0 Å². The van der Waals surface area contributed by atoms with Crippen molar-refractivity contribution in [3.8, 4) is 0 Å². The molecule has 0 aromatic heterocycles. The Morgan fingerprint density at radius 2 is 1.81 bits per heavy atom. The summed E-state index contributed by atoms with van der Waals surface area (Å²) in [6.07, 6.45) is 0.797. The van der Waals surface area contributed by atoms with E-state index in [1.54, 1.807) is 4.31 Å². The van der Waals surface area contributed by atoms with Crippen molar-refractivity contribution in [3.63, 3.8) is 0 Å². The molecule has 0 spiro atoms. The Bertz CT molecular complexity index is 825. The smallest absolute Gasteiger partial charge is 0.243 e. The fourth-order valence-electron chi connectivity index (χ4n) is 3.66. The largest absolute Gasteiger partial charge is 0.295 e. The van der Waals surface area contributed by atoms with Gasteiger partial charge in [0.05, 0.1) is 4.90 Å². The molecule has 0 saturated carbocycles. The van der Waals surface area contributed by atoms with Crippen molar-refractivity contribution in [3.05, 3.63) is 66.0 Å². The van der Waals surface area contributed by atoms with Gasteiger partial charge in [0.1, 0.15) is 5.82 Å². The highest BCUT2D eigenvalue weighted by Crippen LogP contribution is 2.29. The first kappa shape index (κ1) is 19.0. The minimum atomic E-state index is -3.63. The van der Waals surface area contributed by atoms with Crippen LogP contribution in [0, 0.1) is 5.82 Å². The van der Waals surface area contributed by atoms with Crippen LogP contribution in [0.2, 0.25) is 0 Å². The number of hydrogen-bond acceptors (Lipinski definition) is 3. The molecule has 140 valence electrons. The SMILES string of the molecule is CCN([C@@H]1CCN([C@H](C)c2ccccc2)C1)S(=O)(=O)c1ccc(F)cc1. The molecule has 26 heavy (non-hydrogen) atoms. The maximum absolute atomic E-state index is 13.1. The zero-order chi connectivity index (χ0) is 18.7. The maximum atomic E-state index is 13.1. The summed E-state index contributed by atoms with van der Waals surface area (Å²) in [7, 11) is -3.63. The van der Waals surface area contributed by atoms with E-state index < -0.39 is 15.8 Å². The molecule has 0 amide bonds. The quantitative estimate of drug-likeness (QED) is 0.772. The molecule has 0 N–H and O–H groups in total. The van der Waals surface area contributed by atoms with Crippen molar-refractivity contribution < 1.29 is 12.8 Å². The molecule has 1 saturated heterocycles. The third-order valence-electron chi connectivity index (χ3n) is 5.16. The van der Waals surface area contributed by atoms with Crippen molar-refractivity contribution in [2.45, 2.75) is 37.2 Å². The van der Waals surface area contributed by atoms with Crippen LogP contribution in [0.1, 0.15) is 31.9 Å². The van der Waals surface area contributed by atoms with Gasteiger partial charge in [-0.05, 0) is 43.2 Å². The second-order valence-corrected chi connectivity index (χ2v) is 8.58. The summed E-state index contributed by atoms with van der Waals surface area (Å²) in [6.45, 7) is 5.96. The number of sulfonamides is 1. The van der Waals surface area contributed by atoms with Gasteiger partial charge in [0, 0.05) is 31.7 Å². The van der Waals surface area contributed by atoms with E-state index in [2.05, 4.69) is 24.0 Å². The molecule has 1 aliphatic rings. The summed E-state index contributed by atoms with van der Waals surface area (Å²) in [5.74, 6) is -0.435. The topological polar surface area (TPSA) is 40.6 Å². The van der Waals surface area contributed by atoms with Crippen LogP contribution >= 0.6 is 0 Å². The van der Waals surface area contributed by atoms with Crippen LogP contribution in [0.4, 0.5) is 4.39 Å². The van der Waals surface area contributed by atoms with E-state index in [9.17, 15) is 12.8 Å². The maximum Gasteiger partial charge on any atom is 0.243 e. The lowest BCUT2D eigenvalue weighted by Crippen LogP contribution is -2.42. The standard InChI is InChI=1S/C20H25FN2O2S/c1-3-23(26(24,25)20-11-9-18(21)10-12-20)19-13-14-22(15-19)16(2)17-7-5-4-6-8-17/h4-12,16,19H,3,13-15H2,1-2H3/t16-,19-/m1/s1. The summed E-state index contributed by atoms with van der Waals surface area (Å²) in [5, 5.41) is 0. The summed E-state index contributed by atoms with van der Waals surface area (Å²) >= 11 is 0. The molecular formula is C20H25FN2O2S. The number of hydrogen-bond donors (Lipinski definition) is 0. The Morgan fingerprint density at radius 3 is 2.42 bits per heavy atom. The highest BCUT2D eigenvalue weighted by Gasteiger charge is 2.36. The number of rotatable bonds is 6. The molecule has 2 aromatic carbocycles. The second kappa shape index (κ2) is 7.86. The average molecular weight is 376 g/mol. The third-order valence-corrected chi connectivity index (χ3v) is 7.21. The van der Waals surface area contributed by atoms with E-state index in [-0.39, 0.29) is 17.0 Å². The van der Waals surface area contributed by atoms with E-state index in [1.165, 1.54) is 29.8 Å². The summed E-state index contributed by atoms with van der Waals surface area (Å²) < 4.78 is 40.7. The molecule has 4 nitrogen and oxygen atoms in total. The number of likely N-dealkylation sites (tertiary alicyclic amines) is 1. The van der Waals surface area contributed by atoms with Gasteiger partial charge in [-0.15, -0.1) is 0 Å². The normalized spacial score (nSPS) is 19.8. The molecule has 1 aliphatic heterocycles. The van der Waals surface area contributed by atoms with Gasteiger partial charge in [0.15, 0.2) is 0 Å². The van der Waals surface area contributed by atoms with Gasteiger partial charge in [-0.1, -0.05) is 37.3 Å². The molecule has 3 rings (SSSR count). The van der Waals surface area contributed by atoms with Crippen molar-refractivity contribution in [2.24, 2.45) is 0 Å². The van der Waals surface area contributed by atoms with Crippen LogP contribution in [-0.4, -0.2) is 43.3 Å². The Hall–Kier alpha value is -1.76. The fourth-order valence-corrected chi connectivity index (χ4v) is 5.32. The van der Waals surface area contributed by atoms with Gasteiger partial charge in [-0.3, -0.25) is 4.90 Å². The summed E-state index contributed by atoms with van der Waals surface area (Å²) in [4.78, 5) is 2.47. The molecule has 0 unspecified atom stereocenters. The monoisotopic (exact) mass is 376 g/mol. The Morgan fingerprint density at radius 1 is 1.15 bits per heavy atom. The molecule has 2 atom stereocenters. The molecule has 1 fully saturated rings. The van der Waals surface area contributed by atoms with Crippen LogP contribution < -0.4 is 0 Å². The van der Waals surface area contributed by atoms with E-state index in [0.717, 1.165) is 13.0 Å². The zero-order valence-electron chi connectivity index (χ0n) is 15.2. The minimum absolute atomic E-state index is 0.0683.